The zero-order valence-corrected chi connectivity index (χ0v) is 32.7. The van der Waals surface area contributed by atoms with Gasteiger partial charge in [0.05, 0.1) is 17.8 Å². The Kier molecular flexibility index (Phi) is 16.8. The Morgan fingerprint density at radius 3 is 2.25 bits per heavy atom. The standard InChI is InChI=1S/C22H21F3N2O.C20H21N3O3.C2H6/c1-13(22(28)26-21-18(24)5-4-6-19(21)25)11-15-9-10-27(3)20-12-16(23)7-8-17(20)14(15)2;1-4-5-6-19(15(3)21-12-18-11-14(2)23-26-18)20(25)22-17-9-7-16(13-24)8-10-17;1-2/h4-8,11-12H,9-10H2,1-3H3,(H,26,28);4-11,13,21H,3,12H2,1-2H3,(H,22,25);1-2H3/b13-11+;5-4-,19-6+;. The summed E-state index contributed by atoms with van der Waals surface area (Å²) in [6.07, 6.45) is 8.37. The first-order valence-electron chi connectivity index (χ1n) is 18.0. The van der Waals surface area contributed by atoms with E-state index in [4.69, 9.17) is 4.52 Å². The summed E-state index contributed by atoms with van der Waals surface area (Å²) in [6, 6.07) is 16.4. The Labute approximate surface area is 326 Å². The zero-order valence-electron chi connectivity index (χ0n) is 32.7. The second-order valence-corrected chi connectivity index (χ2v) is 12.4. The number of carbonyl (C=O) groups excluding carboxylic acids is 3. The quantitative estimate of drug-likeness (QED) is 0.0791. The van der Waals surface area contributed by atoms with Gasteiger partial charge in [0, 0.05) is 53.4 Å². The highest BCUT2D eigenvalue weighted by Crippen LogP contribution is 2.34. The molecule has 4 aromatic rings. The van der Waals surface area contributed by atoms with Gasteiger partial charge in [0.25, 0.3) is 11.8 Å². The second-order valence-electron chi connectivity index (χ2n) is 12.4. The largest absolute Gasteiger partial charge is 0.378 e. The number of allylic oxidation sites excluding steroid dienone is 5. The summed E-state index contributed by atoms with van der Waals surface area (Å²) in [7, 11) is 1.89. The van der Waals surface area contributed by atoms with Crippen molar-refractivity contribution in [3.05, 3.63) is 160 Å². The molecule has 0 spiro atoms. The number of aryl methyl sites for hydroxylation is 1. The minimum absolute atomic E-state index is 0.306. The molecular weight excluding hydrogens is 720 g/mol. The third-order valence-corrected chi connectivity index (χ3v) is 8.41. The first-order chi connectivity index (χ1) is 26.8. The Morgan fingerprint density at radius 1 is 0.964 bits per heavy atom. The van der Waals surface area contributed by atoms with Crippen LogP contribution < -0.4 is 20.9 Å². The number of halogens is 3. The molecule has 1 aromatic heterocycles. The second kappa shape index (κ2) is 21.5. The Morgan fingerprint density at radius 2 is 1.64 bits per heavy atom. The summed E-state index contributed by atoms with van der Waals surface area (Å²) in [5, 5.41) is 12.0. The van der Waals surface area contributed by atoms with Gasteiger partial charge in [-0.3, -0.25) is 14.4 Å². The summed E-state index contributed by atoms with van der Waals surface area (Å²) < 4.78 is 46.3. The number of amides is 2. The van der Waals surface area contributed by atoms with Crippen LogP contribution >= 0.6 is 0 Å². The highest BCUT2D eigenvalue weighted by Gasteiger charge is 2.19. The number of nitrogens with one attached hydrogen (secondary N) is 3. The van der Waals surface area contributed by atoms with Crippen molar-refractivity contribution in [2.75, 3.05) is 29.1 Å². The molecule has 12 heteroatoms. The average Bonchev–Trinajstić information content (AvgIpc) is 3.58. The summed E-state index contributed by atoms with van der Waals surface area (Å²) in [4.78, 5) is 37.7. The lowest BCUT2D eigenvalue weighted by molar-refractivity contribution is -0.113. The molecule has 0 saturated heterocycles. The zero-order chi connectivity index (χ0) is 41.4. The van der Waals surface area contributed by atoms with E-state index < -0.39 is 23.2 Å². The normalized spacial score (nSPS) is 12.7. The predicted octanol–water partition coefficient (Wildman–Crippen LogP) is 9.87. The molecule has 56 heavy (non-hydrogen) atoms. The number of aromatic nitrogens is 1. The maximum absolute atomic E-state index is 13.8. The minimum Gasteiger partial charge on any atom is -0.378 e. The van der Waals surface area contributed by atoms with E-state index in [2.05, 4.69) is 27.7 Å². The molecule has 0 radical (unpaired) electrons. The molecule has 0 bridgehead atoms. The maximum Gasteiger partial charge on any atom is 0.257 e. The van der Waals surface area contributed by atoms with Gasteiger partial charge in [-0.25, -0.2) is 13.2 Å². The lowest BCUT2D eigenvalue weighted by Gasteiger charge is -2.19. The first-order valence-corrected chi connectivity index (χ1v) is 18.0. The molecule has 294 valence electrons. The first kappa shape index (κ1) is 44.0. The van der Waals surface area contributed by atoms with Crippen LogP contribution in [0.2, 0.25) is 0 Å². The molecule has 0 atom stereocenters. The van der Waals surface area contributed by atoms with Crippen LogP contribution in [0.1, 0.15) is 68.4 Å². The molecule has 0 unspecified atom stereocenters. The molecule has 0 fully saturated rings. The maximum atomic E-state index is 13.8. The Hall–Kier alpha value is -6.43. The van der Waals surface area contributed by atoms with E-state index in [1.807, 2.05) is 58.7 Å². The van der Waals surface area contributed by atoms with Crippen LogP contribution in [0.3, 0.4) is 0 Å². The van der Waals surface area contributed by atoms with Gasteiger partial charge in [-0.2, -0.15) is 0 Å². The number of fused-ring (bicyclic) bond motifs is 1. The van der Waals surface area contributed by atoms with E-state index in [0.29, 0.717) is 53.4 Å². The molecule has 0 aliphatic carbocycles. The van der Waals surface area contributed by atoms with E-state index in [-0.39, 0.29) is 11.7 Å². The highest BCUT2D eigenvalue weighted by atomic mass is 19.1. The number of para-hydroxylation sites is 1. The van der Waals surface area contributed by atoms with Crippen molar-refractivity contribution in [2.24, 2.45) is 0 Å². The highest BCUT2D eigenvalue weighted by molar-refractivity contribution is 6.07. The van der Waals surface area contributed by atoms with Crippen molar-refractivity contribution in [2.45, 2.75) is 54.5 Å². The van der Waals surface area contributed by atoms with Gasteiger partial charge in [0.15, 0.2) is 5.76 Å². The number of hydrogen-bond acceptors (Lipinski definition) is 7. The number of hydrogen-bond donors (Lipinski definition) is 3. The van der Waals surface area contributed by atoms with Crippen LogP contribution in [0.15, 0.2) is 125 Å². The van der Waals surface area contributed by atoms with Crippen LogP contribution in [0.5, 0.6) is 0 Å². The summed E-state index contributed by atoms with van der Waals surface area (Å²) in [6.45, 7) is 16.2. The third-order valence-electron chi connectivity index (χ3n) is 8.41. The molecule has 9 nitrogen and oxygen atoms in total. The van der Waals surface area contributed by atoms with E-state index >= 15 is 0 Å². The topological polar surface area (TPSA) is 117 Å². The summed E-state index contributed by atoms with van der Waals surface area (Å²) in [5.74, 6) is -2.21. The molecular formula is C44H48F3N5O4. The van der Waals surface area contributed by atoms with Crippen LogP contribution in [0.25, 0.3) is 5.57 Å². The molecule has 1 aliphatic heterocycles. The number of benzene rings is 3. The van der Waals surface area contributed by atoms with Crippen molar-refractivity contribution >= 4 is 40.7 Å². The SMILES string of the molecule is C=C(NCc1cc(C)no1)/C(=C\C=C/C)C(=O)Nc1ccc(C=O)cc1.CC.CC1=C(/C=C(\C)C(=O)Nc2c(F)cccc2F)CCN(C)c2cc(F)ccc21. The van der Waals surface area contributed by atoms with Gasteiger partial charge in [-0.1, -0.05) is 49.9 Å². The van der Waals surface area contributed by atoms with Crippen molar-refractivity contribution in [3.8, 4) is 0 Å². The van der Waals surface area contributed by atoms with Crippen molar-refractivity contribution < 1.29 is 32.1 Å². The van der Waals surface area contributed by atoms with Crippen molar-refractivity contribution in [1.82, 2.24) is 10.5 Å². The fraction of sp³-hybridized carbons (Fsp3) is 0.227. The van der Waals surface area contributed by atoms with Gasteiger partial charge in [0.1, 0.15) is 29.4 Å². The molecule has 3 N–H and O–H groups in total. The summed E-state index contributed by atoms with van der Waals surface area (Å²) >= 11 is 0. The Balaban J connectivity index is 0.000000289. The molecule has 2 heterocycles. The predicted molar refractivity (Wildman–Crippen MR) is 218 cm³/mol. The molecule has 3 aromatic carbocycles. The molecule has 1 aliphatic rings. The smallest absolute Gasteiger partial charge is 0.257 e. The van der Waals surface area contributed by atoms with E-state index in [1.54, 1.807) is 55.5 Å². The number of anilines is 3. The Bertz CT molecular complexity index is 2130. The van der Waals surface area contributed by atoms with Gasteiger partial charge in [-0.15, -0.1) is 0 Å². The fourth-order valence-electron chi connectivity index (χ4n) is 5.38. The number of aldehydes is 1. The van der Waals surface area contributed by atoms with Crippen LogP contribution in [0.4, 0.5) is 30.2 Å². The average molecular weight is 768 g/mol. The van der Waals surface area contributed by atoms with Gasteiger partial charge >= 0.3 is 0 Å². The number of rotatable bonds is 11. The van der Waals surface area contributed by atoms with Crippen molar-refractivity contribution in [3.63, 3.8) is 0 Å². The van der Waals surface area contributed by atoms with Crippen molar-refractivity contribution in [1.29, 1.82) is 0 Å². The summed E-state index contributed by atoms with van der Waals surface area (Å²) in [5.41, 5.74) is 6.15. The van der Waals surface area contributed by atoms with Crippen LogP contribution in [-0.2, 0) is 16.1 Å². The molecule has 2 amide bonds. The number of carbonyl (C=O) groups is 3. The minimum atomic E-state index is -0.830. The van der Waals surface area contributed by atoms with Gasteiger partial charge in [0.2, 0.25) is 0 Å². The van der Waals surface area contributed by atoms with E-state index in [9.17, 15) is 27.6 Å². The van der Waals surface area contributed by atoms with Gasteiger partial charge < -0.3 is 25.4 Å². The van der Waals surface area contributed by atoms with E-state index in [0.717, 1.165) is 46.5 Å². The van der Waals surface area contributed by atoms with Crippen LogP contribution in [-0.4, -0.2) is 36.8 Å². The lowest BCUT2D eigenvalue weighted by Crippen LogP contribution is -2.22. The lowest BCUT2D eigenvalue weighted by atomic mass is 9.97. The van der Waals surface area contributed by atoms with Crippen LogP contribution in [0, 0.1) is 24.4 Å². The molecule has 0 saturated carbocycles. The fourth-order valence-corrected chi connectivity index (χ4v) is 5.38. The van der Waals surface area contributed by atoms with E-state index in [1.165, 1.54) is 18.2 Å². The monoisotopic (exact) mass is 767 g/mol. The third kappa shape index (κ3) is 12.3. The van der Waals surface area contributed by atoms with Gasteiger partial charge in [-0.05, 0) is 106 Å². The molecule has 5 rings (SSSR count). The number of nitrogens with zero attached hydrogens (tertiary/aromatic N) is 2.